The molecular weight excluding hydrogens is 202 g/mol. The molecule has 0 radical (unpaired) electrons. The van der Waals surface area contributed by atoms with Gasteiger partial charge >= 0.3 is 0 Å². The average Bonchev–Trinajstić information content (AvgIpc) is 2.22. The second-order valence-electron chi connectivity index (χ2n) is 4.15. The van der Waals surface area contributed by atoms with Crippen molar-refractivity contribution in [3.05, 3.63) is 40.4 Å². The van der Waals surface area contributed by atoms with Gasteiger partial charge in [-0.2, -0.15) is 0 Å². The maximum atomic E-state index is 12.2. The highest BCUT2D eigenvalue weighted by atomic mass is 16.1. The van der Waals surface area contributed by atoms with Gasteiger partial charge in [0.1, 0.15) is 0 Å². The molecule has 2 N–H and O–H groups in total. The number of aryl methyl sites for hydroxylation is 1. The molecule has 2 aromatic rings. The van der Waals surface area contributed by atoms with E-state index in [1.165, 1.54) is 0 Å². The van der Waals surface area contributed by atoms with Crippen molar-refractivity contribution in [1.82, 2.24) is 9.55 Å². The highest BCUT2D eigenvalue weighted by molar-refractivity contribution is 5.80. The van der Waals surface area contributed by atoms with Crippen LogP contribution in [0.4, 0.5) is 0 Å². The van der Waals surface area contributed by atoms with Crippen LogP contribution in [0.5, 0.6) is 0 Å². The Balaban J connectivity index is 2.69. The third kappa shape index (κ3) is 1.84. The number of benzene rings is 1. The van der Waals surface area contributed by atoms with E-state index in [4.69, 9.17) is 5.73 Å². The van der Waals surface area contributed by atoms with Crippen molar-refractivity contribution in [1.29, 1.82) is 0 Å². The minimum absolute atomic E-state index is 0.0135. The van der Waals surface area contributed by atoms with E-state index >= 15 is 0 Å². The molecule has 4 heteroatoms. The fraction of sp³-hybridized carbons (Fsp3) is 0.333. The zero-order valence-corrected chi connectivity index (χ0v) is 9.47. The van der Waals surface area contributed by atoms with Crippen LogP contribution in [-0.2, 0) is 6.54 Å². The molecule has 0 saturated carbocycles. The fourth-order valence-electron chi connectivity index (χ4n) is 1.81. The van der Waals surface area contributed by atoms with Crippen LogP contribution in [0.2, 0.25) is 0 Å². The van der Waals surface area contributed by atoms with E-state index in [1.807, 2.05) is 32.0 Å². The molecule has 0 saturated heterocycles. The molecular formula is C12H15N3O. The summed E-state index contributed by atoms with van der Waals surface area (Å²) in [5, 5.41) is 0.686. The largest absolute Gasteiger partial charge is 0.326 e. The quantitative estimate of drug-likeness (QED) is 0.818. The van der Waals surface area contributed by atoms with Crippen molar-refractivity contribution in [2.24, 2.45) is 5.73 Å². The first kappa shape index (κ1) is 10.8. The average molecular weight is 217 g/mol. The molecule has 0 spiro atoms. The van der Waals surface area contributed by atoms with Crippen molar-refractivity contribution in [3.8, 4) is 0 Å². The van der Waals surface area contributed by atoms with Gasteiger partial charge in [-0.05, 0) is 25.5 Å². The molecule has 1 unspecified atom stereocenters. The second kappa shape index (κ2) is 4.06. The topological polar surface area (TPSA) is 60.9 Å². The van der Waals surface area contributed by atoms with Gasteiger partial charge in [0.15, 0.2) is 0 Å². The van der Waals surface area contributed by atoms with E-state index in [2.05, 4.69) is 4.98 Å². The maximum absolute atomic E-state index is 12.2. The van der Waals surface area contributed by atoms with Crippen LogP contribution in [0.3, 0.4) is 0 Å². The van der Waals surface area contributed by atoms with Crippen LogP contribution < -0.4 is 11.3 Å². The highest BCUT2D eigenvalue weighted by Gasteiger charge is 2.07. The summed E-state index contributed by atoms with van der Waals surface area (Å²) < 4.78 is 1.57. The summed E-state index contributed by atoms with van der Waals surface area (Å²) in [6.45, 7) is 4.28. The molecule has 1 heterocycles. The summed E-state index contributed by atoms with van der Waals surface area (Å²) in [7, 11) is 0. The first-order valence-electron chi connectivity index (χ1n) is 5.30. The van der Waals surface area contributed by atoms with Gasteiger partial charge in [-0.3, -0.25) is 9.36 Å². The van der Waals surface area contributed by atoms with Crippen molar-refractivity contribution in [2.45, 2.75) is 26.4 Å². The summed E-state index contributed by atoms with van der Waals surface area (Å²) in [4.78, 5) is 16.4. The summed E-state index contributed by atoms with van der Waals surface area (Å²) in [6, 6.07) is 5.61. The Hall–Kier alpha value is -1.68. The number of hydrogen-bond acceptors (Lipinski definition) is 3. The standard InChI is InChI=1S/C12H15N3O/c1-8-4-3-5-10-11(8)12(16)15(7-14-10)6-9(2)13/h3-5,7,9H,6,13H2,1-2H3. The van der Waals surface area contributed by atoms with Gasteiger partial charge < -0.3 is 5.73 Å². The van der Waals surface area contributed by atoms with Gasteiger partial charge in [-0.15, -0.1) is 0 Å². The SMILES string of the molecule is Cc1cccc2ncn(CC(C)N)c(=O)c12. The molecule has 0 amide bonds. The van der Waals surface area contributed by atoms with Gasteiger partial charge in [-0.1, -0.05) is 12.1 Å². The third-order valence-electron chi connectivity index (χ3n) is 2.55. The molecule has 16 heavy (non-hydrogen) atoms. The van der Waals surface area contributed by atoms with Gasteiger partial charge in [0.2, 0.25) is 0 Å². The second-order valence-corrected chi connectivity index (χ2v) is 4.15. The van der Waals surface area contributed by atoms with Gasteiger partial charge in [0.05, 0.1) is 17.2 Å². The monoisotopic (exact) mass is 217 g/mol. The summed E-state index contributed by atoms with van der Waals surface area (Å²) in [5.74, 6) is 0. The Morgan fingerprint density at radius 3 is 2.94 bits per heavy atom. The number of hydrogen-bond donors (Lipinski definition) is 1. The molecule has 1 aromatic carbocycles. The van der Waals surface area contributed by atoms with Crippen molar-refractivity contribution in [3.63, 3.8) is 0 Å². The molecule has 1 aromatic heterocycles. The highest BCUT2D eigenvalue weighted by Crippen LogP contribution is 2.10. The van der Waals surface area contributed by atoms with Crippen LogP contribution in [0.15, 0.2) is 29.3 Å². The van der Waals surface area contributed by atoms with E-state index in [-0.39, 0.29) is 11.6 Å². The molecule has 1 atom stereocenters. The summed E-state index contributed by atoms with van der Waals surface area (Å²) >= 11 is 0. The Kier molecular flexibility index (Phi) is 2.75. The molecule has 0 aliphatic heterocycles. The Labute approximate surface area is 93.7 Å². The van der Waals surface area contributed by atoms with E-state index in [0.717, 1.165) is 11.1 Å². The predicted octanol–water partition coefficient (Wildman–Crippen LogP) is 1.05. The lowest BCUT2D eigenvalue weighted by Crippen LogP contribution is -2.30. The molecule has 2 rings (SSSR count). The number of nitrogens with zero attached hydrogens (tertiary/aromatic N) is 2. The number of nitrogens with two attached hydrogens (primary N) is 1. The van der Waals surface area contributed by atoms with Gasteiger partial charge in [0.25, 0.3) is 5.56 Å². The van der Waals surface area contributed by atoms with Crippen LogP contribution in [-0.4, -0.2) is 15.6 Å². The zero-order valence-electron chi connectivity index (χ0n) is 9.47. The first-order valence-corrected chi connectivity index (χ1v) is 5.30. The molecule has 4 nitrogen and oxygen atoms in total. The molecule has 0 fully saturated rings. The molecule has 0 aliphatic rings. The van der Waals surface area contributed by atoms with Crippen molar-refractivity contribution in [2.75, 3.05) is 0 Å². The van der Waals surface area contributed by atoms with E-state index in [1.54, 1.807) is 10.9 Å². The summed E-state index contributed by atoms with van der Waals surface area (Å²) in [6.07, 6.45) is 1.56. The lowest BCUT2D eigenvalue weighted by Gasteiger charge is -2.09. The van der Waals surface area contributed by atoms with E-state index < -0.39 is 0 Å². The lowest BCUT2D eigenvalue weighted by atomic mass is 10.1. The normalized spacial score (nSPS) is 12.9. The van der Waals surface area contributed by atoms with Crippen molar-refractivity contribution < 1.29 is 0 Å². The van der Waals surface area contributed by atoms with Gasteiger partial charge in [0, 0.05) is 12.6 Å². The molecule has 0 bridgehead atoms. The number of fused-ring (bicyclic) bond motifs is 1. The maximum Gasteiger partial charge on any atom is 0.261 e. The van der Waals surface area contributed by atoms with Gasteiger partial charge in [-0.25, -0.2) is 4.98 Å². The van der Waals surface area contributed by atoms with Crippen LogP contribution in [0.25, 0.3) is 10.9 Å². The van der Waals surface area contributed by atoms with Crippen LogP contribution in [0, 0.1) is 6.92 Å². The number of rotatable bonds is 2. The smallest absolute Gasteiger partial charge is 0.261 e. The Bertz CT molecular complexity index is 572. The Morgan fingerprint density at radius 2 is 2.25 bits per heavy atom. The van der Waals surface area contributed by atoms with E-state index in [9.17, 15) is 4.79 Å². The van der Waals surface area contributed by atoms with Crippen LogP contribution >= 0.6 is 0 Å². The van der Waals surface area contributed by atoms with Crippen LogP contribution in [0.1, 0.15) is 12.5 Å². The zero-order chi connectivity index (χ0) is 11.7. The first-order chi connectivity index (χ1) is 7.59. The minimum Gasteiger partial charge on any atom is -0.326 e. The van der Waals surface area contributed by atoms with E-state index in [0.29, 0.717) is 11.9 Å². The van der Waals surface area contributed by atoms with Crippen molar-refractivity contribution >= 4 is 10.9 Å². The fourth-order valence-corrected chi connectivity index (χ4v) is 1.81. The molecule has 84 valence electrons. The lowest BCUT2D eigenvalue weighted by molar-refractivity contribution is 0.570. The number of aromatic nitrogens is 2. The Morgan fingerprint density at radius 1 is 1.50 bits per heavy atom. The summed E-state index contributed by atoms with van der Waals surface area (Å²) in [5.41, 5.74) is 7.37. The minimum atomic E-state index is -0.0547. The predicted molar refractivity (Wildman–Crippen MR) is 64.4 cm³/mol. The third-order valence-corrected chi connectivity index (χ3v) is 2.55. The molecule has 0 aliphatic carbocycles.